The summed E-state index contributed by atoms with van der Waals surface area (Å²) in [7, 11) is 2.09. The van der Waals surface area contributed by atoms with Gasteiger partial charge in [0.25, 0.3) is 0 Å². The van der Waals surface area contributed by atoms with E-state index in [1.165, 1.54) is 19.3 Å². The molecule has 0 spiro atoms. The number of halogens is 1. The van der Waals surface area contributed by atoms with Crippen LogP contribution in [0.4, 0.5) is 0 Å². The first-order valence-electron chi connectivity index (χ1n) is 6.62. The van der Waals surface area contributed by atoms with Gasteiger partial charge in [0.2, 0.25) is 0 Å². The summed E-state index contributed by atoms with van der Waals surface area (Å²) < 4.78 is 0. The topological polar surface area (TPSA) is 20.3 Å². The second-order valence-corrected chi connectivity index (χ2v) is 5.65. The molecule has 0 aromatic heterocycles. The van der Waals surface area contributed by atoms with Crippen molar-refractivity contribution < 1.29 is 4.79 Å². The lowest BCUT2D eigenvalue weighted by Crippen LogP contribution is -2.23. The molecule has 0 heterocycles. The molecule has 0 aliphatic heterocycles. The summed E-state index contributed by atoms with van der Waals surface area (Å²) in [6, 6.07) is 7.14. The molecule has 1 fully saturated rings. The zero-order valence-electron chi connectivity index (χ0n) is 10.9. The van der Waals surface area contributed by atoms with Gasteiger partial charge in [-0.05, 0) is 50.2 Å². The van der Waals surface area contributed by atoms with Crippen molar-refractivity contribution in [2.45, 2.75) is 25.7 Å². The highest BCUT2D eigenvalue weighted by Gasteiger charge is 2.21. The second kappa shape index (κ2) is 6.35. The normalized spacial score (nSPS) is 15.1. The monoisotopic (exact) mass is 265 g/mol. The molecule has 2 nitrogen and oxygen atoms in total. The van der Waals surface area contributed by atoms with Crippen LogP contribution in [0.1, 0.15) is 36.0 Å². The van der Waals surface area contributed by atoms with Gasteiger partial charge in [-0.3, -0.25) is 4.79 Å². The summed E-state index contributed by atoms with van der Waals surface area (Å²) in [6.07, 6.45) is 4.67. The van der Waals surface area contributed by atoms with Crippen LogP contribution in [-0.2, 0) is 0 Å². The Bertz CT molecular complexity index is 397. The molecule has 1 saturated carbocycles. The highest BCUT2D eigenvalue weighted by atomic mass is 35.5. The lowest BCUT2D eigenvalue weighted by Gasteiger charge is -2.15. The highest BCUT2D eigenvalue weighted by Crippen LogP contribution is 2.32. The van der Waals surface area contributed by atoms with Crippen molar-refractivity contribution in [1.82, 2.24) is 4.90 Å². The van der Waals surface area contributed by atoms with E-state index in [9.17, 15) is 4.79 Å². The second-order valence-electron chi connectivity index (χ2n) is 5.22. The molecule has 0 atom stereocenters. The van der Waals surface area contributed by atoms with Crippen LogP contribution in [-0.4, -0.2) is 30.8 Å². The van der Waals surface area contributed by atoms with Crippen molar-refractivity contribution in [3.8, 4) is 0 Å². The fourth-order valence-corrected chi connectivity index (χ4v) is 2.12. The van der Waals surface area contributed by atoms with Gasteiger partial charge in [-0.25, -0.2) is 0 Å². The zero-order chi connectivity index (χ0) is 13.0. The van der Waals surface area contributed by atoms with E-state index in [-0.39, 0.29) is 5.78 Å². The molecule has 1 aliphatic carbocycles. The van der Waals surface area contributed by atoms with Gasteiger partial charge in [-0.15, -0.1) is 0 Å². The molecule has 0 unspecified atom stereocenters. The molecule has 0 radical (unpaired) electrons. The molecule has 1 aromatic carbocycles. The molecule has 0 saturated heterocycles. The van der Waals surface area contributed by atoms with Gasteiger partial charge in [-0.1, -0.05) is 24.4 Å². The molecule has 1 aromatic rings. The van der Waals surface area contributed by atoms with E-state index in [1.54, 1.807) is 24.3 Å². The van der Waals surface area contributed by atoms with Crippen LogP contribution in [0.2, 0.25) is 5.02 Å². The van der Waals surface area contributed by atoms with E-state index >= 15 is 0 Å². The van der Waals surface area contributed by atoms with Crippen LogP contribution in [0.15, 0.2) is 24.3 Å². The Labute approximate surface area is 114 Å². The smallest absolute Gasteiger partial charge is 0.164 e. The maximum Gasteiger partial charge on any atom is 0.164 e. The summed E-state index contributed by atoms with van der Waals surface area (Å²) in [5, 5.41) is 0.674. The molecular formula is C15H20ClNO. The number of hydrogen-bond acceptors (Lipinski definition) is 2. The quantitative estimate of drug-likeness (QED) is 0.702. The van der Waals surface area contributed by atoms with Crippen molar-refractivity contribution in [1.29, 1.82) is 0 Å². The number of hydrogen-bond donors (Lipinski definition) is 0. The molecular weight excluding hydrogens is 246 g/mol. The first-order chi connectivity index (χ1) is 8.65. The number of ketones is 1. The minimum atomic E-state index is 0.199. The SMILES string of the molecule is CN(CCC(=O)c1ccc(Cl)cc1)CCC1CC1. The standard InChI is InChI=1S/C15H20ClNO/c1-17(10-8-12-2-3-12)11-9-15(18)13-4-6-14(16)7-5-13/h4-7,12H,2-3,8-11H2,1H3. The molecule has 2 rings (SSSR count). The van der Waals surface area contributed by atoms with Gasteiger partial charge in [0.05, 0.1) is 0 Å². The third kappa shape index (κ3) is 4.43. The molecule has 0 bridgehead atoms. The Morgan fingerprint density at radius 3 is 2.56 bits per heavy atom. The lowest BCUT2D eigenvalue weighted by atomic mass is 10.1. The molecule has 0 amide bonds. The Morgan fingerprint density at radius 2 is 1.94 bits per heavy atom. The fraction of sp³-hybridized carbons (Fsp3) is 0.533. The van der Waals surface area contributed by atoms with Gasteiger partial charge in [0, 0.05) is 23.6 Å². The molecule has 1 aliphatic rings. The highest BCUT2D eigenvalue weighted by molar-refractivity contribution is 6.30. The van der Waals surface area contributed by atoms with Crippen LogP contribution in [0.25, 0.3) is 0 Å². The van der Waals surface area contributed by atoms with Crippen LogP contribution < -0.4 is 0 Å². The summed E-state index contributed by atoms with van der Waals surface area (Å²) in [5.74, 6) is 1.16. The Kier molecular flexibility index (Phi) is 4.79. The number of Topliss-reactive ketones (excluding diaryl/α,β-unsaturated/α-hetero) is 1. The molecule has 0 N–H and O–H groups in total. The van der Waals surface area contributed by atoms with E-state index in [0.717, 1.165) is 24.6 Å². The van der Waals surface area contributed by atoms with Crippen LogP contribution >= 0.6 is 11.6 Å². The molecule has 98 valence electrons. The number of carbonyl (C=O) groups excluding carboxylic acids is 1. The van der Waals surface area contributed by atoms with Crippen LogP contribution in [0, 0.1) is 5.92 Å². The number of benzene rings is 1. The third-order valence-electron chi connectivity index (χ3n) is 3.50. The average Bonchev–Trinajstić information content (AvgIpc) is 3.18. The van der Waals surface area contributed by atoms with E-state index in [2.05, 4.69) is 11.9 Å². The van der Waals surface area contributed by atoms with Gasteiger partial charge in [0.1, 0.15) is 0 Å². The van der Waals surface area contributed by atoms with E-state index < -0.39 is 0 Å². The number of nitrogens with zero attached hydrogens (tertiary/aromatic N) is 1. The van der Waals surface area contributed by atoms with E-state index in [1.807, 2.05) is 0 Å². The first-order valence-corrected chi connectivity index (χ1v) is 7.00. The molecule has 3 heteroatoms. The van der Waals surface area contributed by atoms with Crippen LogP contribution in [0.3, 0.4) is 0 Å². The van der Waals surface area contributed by atoms with Crippen LogP contribution in [0.5, 0.6) is 0 Å². The largest absolute Gasteiger partial charge is 0.306 e. The Balaban J connectivity index is 1.71. The number of carbonyl (C=O) groups is 1. The Hall–Kier alpha value is -0.860. The van der Waals surface area contributed by atoms with Crippen molar-refractivity contribution in [2.75, 3.05) is 20.1 Å². The predicted molar refractivity (Wildman–Crippen MR) is 75.2 cm³/mol. The minimum absolute atomic E-state index is 0.199. The van der Waals surface area contributed by atoms with E-state index in [4.69, 9.17) is 11.6 Å². The third-order valence-corrected chi connectivity index (χ3v) is 3.75. The summed E-state index contributed by atoms with van der Waals surface area (Å²) in [5.41, 5.74) is 0.759. The summed E-state index contributed by atoms with van der Waals surface area (Å²) in [6.45, 7) is 1.95. The summed E-state index contributed by atoms with van der Waals surface area (Å²) in [4.78, 5) is 14.2. The van der Waals surface area contributed by atoms with Crippen molar-refractivity contribution in [3.63, 3.8) is 0 Å². The van der Waals surface area contributed by atoms with Crippen molar-refractivity contribution >= 4 is 17.4 Å². The first kappa shape index (κ1) is 13.6. The minimum Gasteiger partial charge on any atom is -0.306 e. The van der Waals surface area contributed by atoms with Crippen molar-refractivity contribution in [3.05, 3.63) is 34.9 Å². The predicted octanol–water partition coefficient (Wildman–Crippen LogP) is 3.64. The zero-order valence-corrected chi connectivity index (χ0v) is 11.6. The van der Waals surface area contributed by atoms with Gasteiger partial charge in [-0.2, -0.15) is 0 Å². The van der Waals surface area contributed by atoms with Crippen molar-refractivity contribution in [2.24, 2.45) is 5.92 Å². The van der Waals surface area contributed by atoms with Gasteiger partial charge >= 0.3 is 0 Å². The summed E-state index contributed by atoms with van der Waals surface area (Å²) >= 11 is 5.80. The lowest BCUT2D eigenvalue weighted by molar-refractivity contribution is 0.0968. The fourth-order valence-electron chi connectivity index (χ4n) is 1.99. The number of rotatable bonds is 7. The Morgan fingerprint density at radius 1 is 1.28 bits per heavy atom. The average molecular weight is 266 g/mol. The molecule has 18 heavy (non-hydrogen) atoms. The van der Waals surface area contributed by atoms with Gasteiger partial charge in [0.15, 0.2) is 5.78 Å². The van der Waals surface area contributed by atoms with Gasteiger partial charge < -0.3 is 4.90 Å². The maximum atomic E-state index is 11.9. The maximum absolute atomic E-state index is 11.9. The van der Waals surface area contributed by atoms with E-state index in [0.29, 0.717) is 11.4 Å².